The molecule has 4 nitrogen and oxygen atoms in total. The molecule has 0 aliphatic heterocycles. The molecular weight excluding hydrogens is 250 g/mol. The highest BCUT2D eigenvalue weighted by molar-refractivity contribution is 7.18. The Labute approximate surface area is 106 Å². The van der Waals surface area contributed by atoms with Gasteiger partial charge in [-0.2, -0.15) is 0 Å². The Bertz CT molecular complexity index is 763. The van der Waals surface area contributed by atoms with E-state index in [0.717, 1.165) is 15.5 Å². The van der Waals surface area contributed by atoms with Crippen molar-refractivity contribution >= 4 is 38.3 Å². The van der Waals surface area contributed by atoms with Gasteiger partial charge in [-0.1, -0.05) is 0 Å². The summed E-state index contributed by atoms with van der Waals surface area (Å²) < 4.78 is 5.69. The van der Waals surface area contributed by atoms with E-state index >= 15 is 0 Å². The van der Waals surface area contributed by atoms with Crippen molar-refractivity contribution < 1.29 is 14.6 Å². The molecule has 0 fully saturated rings. The molecule has 3 aromatic rings. The first-order valence-electron chi connectivity index (χ1n) is 5.28. The first-order chi connectivity index (χ1) is 8.70. The quantitative estimate of drug-likeness (QED) is 0.682. The third kappa shape index (κ3) is 1.52. The zero-order valence-electron chi connectivity index (χ0n) is 9.51. The number of benzene rings is 1. The smallest absolute Gasteiger partial charge is 0.341 e. The van der Waals surface area contributed by atoms with Crippen molar-refractivity contribution in [3.05, 3.63) is 35.3 Å². The van der Waals surface area contributed by atoms with Gasteiger partial charge in [0, 0.05) is 27.7 Å². The number of pyridine rings is 1. The van der Waals surface area contributed by atoms with Gasteiger partial charge in [0.05, 0.1) is 12.6 Å². The lowest BCUT2D eigenvalue weighted by Crippen LogP contribution is -2.01. The van der Waals surface area contributed by atoms with Crippen LogP contribution >= 0.6 is 11.3 Å². The van der Waals surface area contributed by atoms with Gasteiger partial charge < -0.3 is 9.84 Å². The predicted octanol–water partition coefficient (Wildman–Crippen LogP) is 2.94. The number of phenols is 1. The number of thiophene rings is 1. The van der Waals surface area contributed by atoms with Crippen molar-refractivity contribution in [2.45, 2.75) is 0 Å². The molecule has 0 bridgehead atoms. The molecule has 0 spiro atoms. The maximum absolute atomic E-state index is 11.6. The number of methoxy groups -OCH3 is 1. The van der Waals surface area contributed by atoms with Gasteiger partial charge in [0.2, 0.25) is 0 Å². The van der Waals surface area contributed by atoms with Gasteiger partial charge in [-0.15, -0.1) is 11.3 Å². The van der Waals surface area contributed by atoms with E-state index in [1.807, 2.05) is 11.4 Å². The molecule has 18 heavy (non-hydrogen) atoms. The third-order valence-corrected chi connectivity index (χ3v) is 3.77. The number of hydrogen-bond donors (Lipinski definition) is 1. The summed E-state index contributed by atoms with van der Waals surface area (Å²) in [7, 11) is 1.29. The monoisotopic (exact) mass is 259 g/mol. The molecule has 0 unspecified atom stereocenters. The summed E-state index contributed by atoms with van der Waals surface area (Å²) in [5, 5.41) is 13.6. The zero-order valence-corrected chi connectivity index (χ0v) is 10.3. The van der Waals surface area contributed by atoms with Crippen LogP contribution in [0.25, 0.3) is 21.0 Å². The second kappa shape index (κ2) is 3.96. The number of carbonyl (C=O) groups is 1. The highest BCUT2D eigenvalue weighted by atomic mass is 32.1. The molecule has 0 aliphatic carbocycles. The van der Waals surface area contributed by atoms with Gasteiger partial charge >= 0.3 is 5.97 Å². The molecule has 3 rings (SSSR count). The van der Waals surface area contributed by atoms with Crippen molar-refractivity contribution in [3.8, 4) is 5.75 Å². The molecule has 5 heteroatoms. The first kappa shape index (κ1) is 11.0. The number of ether oxygens (including phenoxy) is 1. The molecule has 90 valence electrons. The molecule has 0 radical (unpaired) electrons. The van der Waals surface area contributed by atoms with Crippen LogP contribution in [0, 0.1) is 0 Å². The average Bonchev–Trinajstić information content (AvgIpc) is 2.85. The van der Waals surface area contributed by atoms with Crippen LogP contribution in [0.1, 0.15) is 10.4 Å². The zero-order chi connectivity index (χ0) is 12.7. The molecule has 2 heterocycles. The molecule has 0 aliphatic rings. The molecule has 0 saturated carbocycles. The molecule has 0 saturated heterocycles. The van der Waals surface area contributed by atoms with E-state index in [9.17, 15) is 9.90 Å². The summed E-state index contributed by atoms with van der Waals surface area (Å²) in [5.41, 5.74) is 0.822. The van der Waals surface area contributed by atoms with Crippen LogP contribution in [0.2, 0.25) is 0 Å². The van der Waals surface area contributed by atoms with Crippen LogP contribution in [0.3, 0.4) is 0 Å². The number of carbonyl (C=O) groups excluding carboxylic acids is 1. The van der Waals surface area contributed by atoms with Crippen LogP contribution in [0.15, 0.2) is 29.8 Å². The minimum atomic E-state index is -0.553. The van der Waals surface area contributed by atoms with Crippen molar-refractivity contribution in [2.75, 3.05) is 7.11 Å². The predicted molar refractivity (Wildman–Crippen MR) is 70.1 cm³/mol. The largest absolute Gasteiger partial charge is 0.507 e. The number of nitrogens with zero attached hydrogens (tertiary/aromatic N) is 1. The Balaban J connectivity index is 2.40. The number of fused-ring (bicyclic) bond motifs is 3. The fraction of sp³-hybridized carbons (Fsp3) is 0.0769. The van der Waals surface area contributed by atoms with E-state index in [1.165, 1.54) is 13.2 Å². The van der Waals surface area contributed by atoms with E-state index in [0.29, 0.717) is 5.52 Å². The van der Waals surface area contributed by atoms with Gasteiger partial charge in [-0.05, 0) is 17.5 Å². The summed E-state index contributed by atoms with van der Waals surface area (Å²) in [6, 6.07) is 5.08. The molecule has 0 amide bonds. The van der Waals surface area contributed by atoms with E-state index in [2.05, 4.69) is 9.72 Å². The van der Waals surface area contributed by atoms with Crippen molar-refractivity contribution in [1.29, 1.82) is 0 Å². The third-order valence-electron chi connectivity index (χ3n) is 2.80. The normalized spacial score (nSPS) is 10.9. The number of aromatic hydroxyl groups is 1. The summed E-state index contributed by atoms with van der Waals surface area (Å²) in [6.07, 6.45) is 1.76. The van der Waals surface area contributed by atoms with Gasteiger partial charge in [0.15, 0.2) is 0 Å². The minimum Gasteiger partial charge on any atom is -0.507 e. The van der Waals surface area contributed by atoms with Crippen molar-refractivity contribution in [2.24, 2.45) is 0 Å². The highest BCUT2D eigenvalue weighted by Gasteiger charge is 2.14. The van der Waals surface area contributed by atoms with Crippen LogP contribution in [-0.4, -0.2) is 23.2 Å². The topological polar surface area (TPSA) is 59.4 Å². The summed E-state index contributed by atoms with van der Waals surface area (Å²) in [6.45, 7) is 0. The van der Waals surface area contributed by atoms with E-state index < -0.39 is 5.97 Å². The first-order valence-corrected chi connectivity index (χ1v) is 6.16. The highest BCUT2D eigenvalue weighted by Crippen LogP contribution is 2.32. The van der Waals surface area contributed by atoms with Gasteiger partial charge in [0.1, 0.15) is 11.3 Å². The van der Waals surface area contributed by atoms with Crippen LogP contribution in [0.5, 0.6) is 5.75 Å². The SMILES string of the molecule is COC(=O)c1cc2c(cc1O)ncc1ccsc12. The Kier molecular flexibility index (Phi) is 2.41. The van der Waals surface area contributed by atoms with Gasteiger partial charge in [-0.3, -0.25) is 4.98 Å². The summed E-state index contributed by atoms with van der Waals surface area (Å²) in [5.74, 6) is -0.666. The lowest BCUT2D eigenvalue weighted by atomic mass is 10.1. The second-order valence-electron chi connectivity index (χ2n) is 3.84. The van der Waals surface area contributed by atoms with Crippen LogP contribution < -0.4 is 0 Å². The fourth-order valence-corrected chi connectivity index (χ4v) is 2.82. The molecule has 2 aromatic heterocycles. The number of aromatic nitrogens is 1. The van der Waals surface area contributed by atoms with Crippen molar-refractivity contribution in [3.63, 3.8) is 0 Å². The second-order valence-corrected chi connectivity index (χ2v) is 4.76. The maximum Gasteiger partial charge on any atom is 0.341 e. The van der Waals surface area contributed by atoms with Crippen molar-refractivity contribution in [1.82, 2.24) is 4.98 Å². The molecule has 1 N–H and O–H groups in total. The number of rotatable bonds is 1. The van der Waals surface area contributed by atoms with Gasteiger partial charge in [-0.25, -0.2) is 4.79 Å². The van der Waals surface area contributed by atoms with E-state index in [1.54, 1.807) is 23.6 Å². The number of hydrogen-bond acceptors (Lipinski definition) is 5. The average molecular weight is 259 g/mol. The van der Waals surface area contributed by atoms with Crippen LogP contribution in [0.4, 0.5) is 0 Å². The Hall–Kier alpha value is -2.14. The Morgan fingerprint density at radius 2 is 2.28 bits per heavy atom. The lowest BCUT2D eigenvalue weighted by molar-refractivity contribution is 0.0597. The fourth-order valence-electron chi connectivity index (χ4n) is 1.92. The summed E-state index contributed by atoms with van der Waals surface area (Å²) in [4.78, 5) is 15.8. The molecular formula is C13H9NO3S. The number of phenolic OH excluding ortho intramolecular Hbond substituents is 1. The Morgan fingerprint density at radius 1 is 1.44 bits per heavy atom. The minimum absolute atomic E-state index is 0.113. The van der Waals surface area contributed by atoms with E-state index in [4.69, 9.17) is 0 Å². The molecule has 0 atom stereocenters. The van der Waals surface area contributed by atoms with Crippen LogP contribution in [-0.2, 0) is 4.74 Å². The summed E-state index contributed by atoms with van der Waals surface area (Å²) >= 11 is 1.58. The number of esters is 1. The van der Waals surface area contributed by atoms with E-state index in [-0.39, 0.29) is 11.3 Å². The Morgan fingerprint density at radius 3 is 3.06 bits per heavy atom. The van der Waals surface area contributed by atoms with Gasteiger partial charge in [0.25, 0.3) is 0 Å². The maximum atomic E-state index is 11.6. The molecule has 1 aromatic carbocycles. The lowest BCUT2D eigenvalue weighted by Gasteiger charge is -2.05. The standard InChI is InChI=1S/C13H9NO3S/c1-17-13(16)9-4-8-10(5-11(9)15)14-6-7-2-3-18-12(7)8/h2-6,15H,1H3.